The van der Waals surface area contributed by atoms with Gasteiger partial charge in [0.1, 0.15) is 5.82 Å². The monoisotopic (exact) mass is 339 g/mol. The molecule has 21 heavy (non-hydrogen) atoms. The first-order valence-electron chi connectivity index (χ1n) is 6.56. The smallest absolute Gasteiger partial charge is 0.144 e. The molecule has 0 radical (unpaired) electrons. The summed E-state index contributed by atoms with van der Waals surface area (Å²) in [6.07, 6.45) is 1.64. The predicted octanol–water partition coefficient (Wildman–Crippen LogP) is 4.84. The molecular formula is C17H14BrN3. The van der Waals surface area contributed by atoms with E-state index in [2.05, 4.69) is 44.4 Å². The van der Waals surface area contributed by atoms with Crippen LogP contribution < -0.4 is 11.1 Å². The highest BCUT2D eigenvalue weighted by atomic mass is 79.9. The molecular weight excluding hydrogens is 326 g/mol. The van der Waals surface area contributed by atoms with Crippen LogP contribution in [-0.4, -0.2) is 4.98 Å². The van der Waals surface area contributed by atoms with Gasteiger partial charge in [0.15, 0.2) is 0 Å². The molecule has 3 N–H and O–H groups in total. The molecule has 4 heteroatoms. The van der Waals surface area contributed by atoms with Crippen molar-refractivity contribution in [1.29, 1.82) is 0 Å². The Morgan fingerprint density at radius 1 is 0.952 bits per heavy atom. The minimum atomic E-state index is 0.628. The number of benzene rings is 2. The first kappa shape index (κ1) is 13.6. The topological polar surface area (TPSA) is 50.9 Å². The summed E-state index contributed by atoms with van der Waals surface area (Å²) >= 11 is 3.48. The highest BCUT2D eigenvalue weighted by Crippen LogP contribution is 2.32. The number of anilines is 3. The van der Waals surface area contributed by atoms with Crippen LogP contribution in [0.15, 0.2) is 71.3 Å². The third kappa shape index (κ3) is 3.06. The molecule has 3 nitrogen and oxygen atoms in total. The Balaban J connectivity index is 2.00. The second-order valence-corrected chi connectivity index (χ2v) is 5.49. The minimum Gasteiger partial charge on any atom is -0.397 e. The fraction of sp³-hybridized carbons (Fsp3) is 0. The predicted molar refractivity (Wildman–Crippen MR) is 91.5 cm³/mol. The molecule has 0 unspecified atom stereocenters. The van der Waals surface area contributed by atoms with Gasteiger partial charge in [-0.25, -0.2) is 4.98 Å². The zero-order valence-electron chi connectivity index (χ0n) is 11.3. The Labute approximate surface area is 132 Å². The molecule has 104 valence electrons. The van der Waals surface area contributed by atoms with Gasteiger partial charge in [-0.2, -0.15) is 0 Å². The van der Waals surface area contributed by atoms with Gasteiger partial charge >= 0.3 is 0 Å². The van der Waals surface area contributed by atoms with Crippen LogP contribution in [0.1, 0.15) is 0 Å². The maximum atomic E-state index is 5.72. The van der Waals surface area contributed by atoms with Crippen molar-refractivity contribution in [3.05, 3.63) is 71.3 Å². The van der Waals surface area contributed by atoms with E-state index in [0.717, 1.165) is 27.1 Å². The van der Waals surface area contributed by atoms with E-state index >= 15 is 0 Å². The van der Waals surface area contributed by atoms with Crippen LogP contribution in [0.4, 0.5) is 17.2 Å². The van der Waals surface area contributed by atoms with Crippen molar-refractivity contribution >= 4 is 33.1 Å². The fourth-order valence-electron chi connectivity index (χ4n) is 2.13. The van der Waals surface area contributed by atoms with E-state index in [0.29, 0.717) is 5.69 Å². The van der Waals surface area contributed by atoms with Gasteiger partial charge < -0.3 is 11.1 Å². The Kier molecular flexibility index (Phi) is 3.88. The second-order valence-electron chi connectivity index (χ2n) is 4.64. The van der Waals surface area contributed by atoms with E-state index < -0.39 is 0 Å². The average Bonchev–Trinajstić information content (AvgIpc) is 2.51. The van der Waals surface area contributed by atoms with Crippen molar-refractivity contribution in [2.45, 2.75) is 0 Å². The Hall–Kier alpha value is -2.33. The lowest BCUT2D eigenvalue weighted by atomic mass is 10.0. The summed E-state index contributed by atoms with van der Waals surface area (Å²) in [5.74, 6) is 0.743. The van der Waals surface area contributed by atoms with E-state index in [1.165, 1.54) is 0 Å². The van der Waals surface area contributed by atoms with Gasteiger partial charge in [-0.3, -0.25) is 0 Å². The SMILES string of the molecule is Nc1cnc(Nc2ccccc2-c2ccccc2)c(Br)c1. The van der Waals surface area contributed by atoms with Gasteiger partial charge in [-0.15, -0.1) is 0 Å². The van der Waals surface area contributed by atoms with Crippen molar-refractivity contribution < 1.29 is 0 Å². The molecule has 0 saturated carbocycles. The van der Waals surface area contributed by atoms with Crippen molar-refractivity contribution in [2.24, 2.45) is 0 Å². The van der Waals surface area contributed by atoms with Crippen LogP contribution in [0.5, 0.6) is 0 Å². The van der Waals surface area contributed by atoms with Gasteiger partial charge in [0.25, 0.3) is 0 Å². The number of nitrogens with two attached hydrogens (primary N) is 1. The van der Waals surface area contributed by atoms with E-state index in [9.17, 15) is 0 Å². The summed E-state index contributed by atoms with van der Waals surface area (Å²) in [6, 6.07) is 20.2. The van der Waals surface area contributed by atoms with Gasteiger partial charge in [0.2, 0.25) is 0 Å². The number of nitrogens with zero attached hydrogens (tertiary/aromatic N) is 1. The lowest BCUT2D eigenvalue weighted by Crippen LogP contribution is -1.98. The molecule has 3 aromatic rings. The number of pyridine rings is 1. The van der Waals surface area contributed by atoms with E-state index in [1.807, 2.05) is 42.5 Å². The van der Waals surface area contributed by atoms with Crippen LogP contribution in [-0.2, 0) is 0 Å². The number of aromatic nitrogens is 1. The number of para-hydroxylation sites is 1. The zero-order valence-corrected chi connectivity index (χ0v) is 12.8. The third-order valence-electron chi connectivity index (χ3n) is 3.13. The van der Waals surface area contributed by atoms with Gasteiger partial charge in [-0.1, -0.05) is 48.5 Å². The minimum absolute atomic E-state index is 0.628. The molecule has 0 fully saturated rings. The molecule has 0 aliphatic rings. The third-order valence-corrected chi connectivity index (χ3v) is 3.73. The standard InChI is InChI=1S/C17H14BrN3/c18-15-10-13(19)11-20-17(15)21-16-9-5-4-8-14(16)12-6-2-1-3-7-12/h1-11H,19H2,(H,20,21). The van der Waals surface area contributed by atoms with E-state index in [1.54, 1.807) is 6.20 Å². The zero-order chi connectivity index (χ0) is 14.7. The van der Waals surface area contributed by atoms with Crippen LogP contribution in [0.3, 0.4) is 0 Å². The van der Waals surface area contributed by atoms with Crippen LogP contribution >= 0.6 is 15.9 Å². The Morgan fingerprint density at radius 3 is 2.43 bits per heavy atom. The quantitative estimate of drug-likeness (QED) is 0.717. The van der Waals surface area contributed by atoms with Gasteiger partial charge in [-0.05, 0) is 33.6 Å². The summed E-state index contributed by atoms with van der Waals surface area (Å²) in [6.45, 7) is 0. The van der Waals surface area contributed by atoms with Crippen molar-refractivity contribution in [2.75, 3.05) is 11.1 Å². The molecule has 0 aliphatic carbocycles. The maximum Gasteiger partial charge on any atom is 0.144 e. The summed E-state index contributed by atoms with van der Waals surface area (Å²) in [7, 11) is 0. The normalized spacial score (nSPS) is 10.3. The van der Waals surface area contributed by atoms with Crippen LogP contribution in [0.25, 0.3) is 11.1 Å². The molecule has 0 bridgehead atoms. The number of nitrogens with one attached hydrogen (secondary N) is 1. The van der Waals surface area contributed by atoms with Crippen molar-refractivity contribution in [3.8, 4) is 11.1 Å². The number of rotatable bonds is 3. The lowest BCUT2D eigenvalue weighted by molar-refractivity contribution is 1.29. The number of nitrogen functional groups attached to an aromatic ring is 1. The molecule has 2 aromatic carbocycles. The van der Waals surface area contributed by atoms with Gasteiger partial charge in [0, 0.05) is 11.3 Å². The van der Waals surface area contributed by atoms with Crippen molar-refractivity contribution in [3.63, 3.8) is 0 Å². The number of hydrogen-bond donors (Lipinski definition) is 2. The number of hydrogen-bond acceptors (Lipinski definition) is 3. The fourth-order valence-corrected chi connectivity index (χ4v) is 2.60. The molecule has 1 aromatic heterocycles. The number of halogens is 1. The lowest BCUT2D eigenvalue weighted by Gasteiger charge is -2.13. The first-order valence-corrected chi connectivity index (χ1v) is 7.36. The summed E-state index contributed by atoms with van der Waals surface area (Å²) in [4.78, 5) is 4.32. The Morgan fingerprint density at radius 2 is 1.67 bits per heavy atom. The van der Waals surface area contributed by atoms with E-state index in [-0.39, 0.29) is 0 Å². The molecule has 0 saturated heterocycles. The summed E-state index contributed by atoms with van der Waals surface area (Å²) < 4.78 is 0.838. The maximum absolute atomic E-state index is 5.72. The van der Waals surface area contributed by atoms with Crippen LogP contribution in [0.2, 0.25) is 0 Å². The molecule has 0 spiro atoms. The highest BCUT2D eigenvalue weighted by molar-refractivity contribution is 9.10. The largest absolute Gasteiger partial charge is 0.397 e. The molecule has 1 heterocycles. The average molecular weight is 340 g/mol. The first-order chi connectivity index (χ1) is 10.2. The van der Waals surface area contributed by atoms with E-state index in [4.69, 9.17) is 5.73 Å². The summed E-state index contributed by atoms with van der Waals surface area (Å²) in [5.41, 5.74) is 9.64. The second kappa shape index (κ2) is 5.97. The molecule has 3 rings (SSSR count). The van der Waals surface area contributed by atoms with Crippen LogP contribution in [0, 0.1) is 0 Å². The molecule has 0 amide bonds. The summed E-state index contributed by atoms with van der Waals surface area (Å²) in [5, 5.41) is 3.35. The Bertz CT molecular complexity index is 757. The molecule has 0 aliphatic heterocycles. The highest BCUT2D eigenvalue weighted by Gasteiger charge is 2.07. The van der Waals surface area contributed by atoms with Gasteiger partial charge in [0.05, 0.1) is 16.4 Å². The molecule has 0 atom stereocenters. The van der Waals surface area contributed by atoms with Crippen molar-refractivity contribution in [1.82, 2.24) is 4.98 Å².